The molecule has 7 nitrogen and oxygen atoms in total. The first-order valence-corrected chi connectivity index (χ1v) is 13.8. The van der Waals surface area contributed by atoms with Gasteiger partial charge < -0.3 is 9.84 Å². The number of methoxy groups -OCH3 is 1. The van der Waals surface area contributed by atoms with Crippen LogP contribution >= 0.6 is 0 Å². The Morgan fingerprint density at radius 1 is 1.03 bits per heavy atom. The van der Waals surface area contributed by atoms with E-state index in [0.29, 0.717) is 17.0 Å². The van der Waals surface area contributed by atoms with Gasteiger partial charge in [0, 0.05) is 30.3 Å². The summed E-state index contributed by atoms with van der Waals surface area (Å²) in [5.41, 5.74) is 0.950. The molecule has 0 saturated carbocycles. The molecule has 0 spiro atoms. The van der Waals surface area contributed by atoms with Gasteiger partial charge in [0.25, 0.3) is 5.91 Å². The Morgan fingerprint density at radius 3 is 2.27 bits per heavy atom. The lowest BCUT2D eigenvalue weighted by Gasteiger charge is -2.35. The molecule has 1 aliphatic heterocycles. The van der Waals surface area contributed by atoms with Crippen LogP contribution in [0.2, 0.25) is 0 Å². The van der Waals surface area contributed by atoms with Crippen LogP contribution in [0, 0.1) is 0 Å². The van der Waals surface area contributed by atoms with Gasteiger partial charge in [-0.05, 0) is 52.4 Å². The molecule has 0 aliphatic carbocycles. The number of amides is 1. The fourth-order valence-corrected chi connectivity index (χ4v) is 5.65. The molecule has 1 heterocycles. The Kier molecular flexibility index (Phi) is 6.67. The molecule has 1 N–H and O–H groups in total. The van der Waals surface area contributed by atoms with Crippen molar-refractivity contribution in [3.63, 3.8) is 0 Å². The monoisotopic (exact) mass is 521 g/mol. The third kappa shape index (κ3) is 4.85. The predicted molar refractivity (Wildman–Crippen MR) is 142 cm³/mol. The molecular weight excluding hydrogens is 490 g/mol. The molecular formula is C29H31NO6S. The van der Waals surface area contributed by atoms with E-state index in [2.05, 4.69) is 0 Å². The lowest BCUT2D eigenvalue weighted by molar-refractivity contribution is -0.143. The summed E-state index contributed by atoms with van der Waals surface area (Å²) in [5, 5.41) is 10.6. The number of carboxylic acid groups (broad SMARTS) is 1. The van der Waals surface area contributed by atoms with E-state index in [4.69, 9.17) is 4.74 Å². The number of rotatable bonds is 6. The van der Waals surface area contributed by atoms with Crippen molar-refractivity contribution in [2.24, 2.45) is 0 Å². The third-order valence-corrected chi connectivity index (χ3v) is 7.94. The zero-order chi connectivity index (χ0) is 27.2. The molecule has 4 rings (SSSR count). The number of fused-ring (bicyclic) bond motifs is 1. The highest BCUT2D eigenvalue weighted by molar-refractivity contribution is 7.90. The van der Waals surface area contributed by atoms with Crippen molar-refractivity contribution in [2.75, 3.05) is 18.3 Å². The number of hydrogen-bond acceptors (Lipinski definition) is 5. The highest BCUT2D eigenvalue weighted by Gasteiger charge is 2.53. The molecule has 0 radical (unpaired) electrons. The van der Waals surface area contributed by atoms with Crippen molar-refractivity contribution < 1.29 is 27.9 Å². The van der Waals surface area contributed by atoms with E-state index in [1.165, 1.54) is 30.2 Å². The van der Waals surface area contributed by atoms with Crippen molar-refractivity contribution in [3.8, 4) is 5.75 Å². The molecule has 8 heteroatoms. The number of ether oxygens (including phenoxy) is 1. The van der Waals surface area contributed by atoms with Crippen molar-refractivity contribution in [1.82, 2.24) is 0 Å². The quantitative estimate of drug-likeness (QED) is 0.506. The maximum Gasteiger partial charge on any atom is 0.330 e. The van der Waals surface area contributed by atoms with E-state index in [9.17, 15) is 23.1 Å². The summed E-state index contributed by atoms with van der Waals surface area (Å²) in [7, 11) is -1.99. The lowest BCUT2D eigenvalue weighted by atomic mass is 9.85. The molecule has 37 heavy (non-hydrogen) atoms. The molecule has 1 aliphatic rings. The van der Waals surface area contributed by atoms with Crippen LogP contribution in [0.4, 0.5) is 5.69 Å². The summed E-state index contributed by atoms with van der Waals surface area (Å²) >= 11 is 0. The molecule has 3 aromatic carbocycles. The molecule has 3 aromatic rings. The molecule has 1 atom stereocenters. The van der Waals surface area contributed by atoms with E-state index in [0.717, 1.165) is 17.4 Å². The summed E-state index contributed by atoms with van der Waals surface area (Å²) in [6.45, 7) is 6.12. The number of carbonyl (C=O) groups excluding carboxylic acids is 1. The average Bonchev–Trinajstić information content (AvgIpc) is 3.16. The standard InChI is InChI=1S/C29H31NO6S/c1-28(2,3)23-13-11-20(16-25(23)36-4)26(31)30-24-14-12-22(37(5,34)35)15-21(24)18-29(30,27(32)33)17-19-9-7-6-8-10-19/h6-16H,17-18H2,1-5H3,(H,32,33). The van der Waals surface area contributed by atoms with Crippen LogP contribution in [0.25, 0.3) is 0 Å². The highest BCUT2D eigenvalue weighted by atomic mass is 32.2. The summed E-state index contributed by atoms with van der Waals surface area (Å²) in [6, 6.07) is 18.7. The maximum atomic E-state index is 14.1. The zero-order valence-electron chi connectivity index (χ0n) is 21.6. The zero-order valence-corrected chi connectivity index (χ0v) is 22.4. The van der Waals surface area contributed by atoms with E-state index in [1.807, 2.05) is 57.2 Å². The Hall–Kier alpha value is -3.65. The van der Waals surface area contributed by atoms with Crippen LogP contribution < -0.4 is 9.64 Å². The van der Waals surface area contributed by atoms with Crippen LogP contribution in [-0.4, -0.2) is 44.3 Å². The first-order chi connectivity index (χ1) is 17.3. The average molecular weight is 522 g/mol. The van der Waals surface area contributed by atoms with Crippen molar-refractivity contribution >= 4 is 27.4 Å². The van der Waals surface area contributed by atoms with Gasteiger partial charge in [0.2, 0.25) is 0 Å². The van der Waals surface area contributed by atoms with Crippen LogP contribution in [0.5, 0.6) is 5.75 Å². The predicted octanol–water partition coefficient (Wildman–Crippen LogP) is 4.67. The summed E-state index contributed by atoms with van der Waals surface area (Å²) in [4.78, 5) is 28.5. The number of hydrogen-bond donors (Lipinski definition) is 1. The van der Waals surface area contributed by atoms with Crippen molar-refractivity contribution in [3.05, 3.63) is 89.0 Å². The van der Waals surface area contributed by atoms with E-state index >= 15 is 0 Å². The Bertz CT molecular complexity index is 1470. The van der Waals surface area contributed by atoms with Crippen LogP contribution in [0.3, 0.4) is 0 Å². The van der Waals surface area contributed by atoms with Gasteiger partial charge in [-0.15, -0.1) is 0 Å². The fourth-order valence-electron chi connectivity index (χ4n) is 4.98. The topological polar surface area (TPSA) is 101 Å². The van der Waals surface area contributed by atoms with Gasteiger partial charge in [-0.1, -0.05) is 57.2 Å². The highest BCUT2D eigenvalue weighted by Crippen LogP contribution is 2.44. The Labute approximate surface area is 217 Å². The second kappa shape index (κ2) is 9.34. The third-order valence-electron chi connectivity index (χ3n) is 6.83. The van der Waals surface area contributed by atoms with Gasteiger partial charge in [0.15, 0.2) is 15.4 Å². The van der Waals surface area contributed by atoms with Gasteiger partial charge >= 0.3 is 5.97 Å². The molecule has 0 saturated heterocycles. The van der Waals surface area contributed by atoms with Crippen LogP contribution in [-0.2, 0) is 32.9 Å². The summed E-state index contributed by atoms with van der Waals surface area (Å²) in [6.07, 6.45) is 1.12. The van der Waals surface area contributed by atoms with E-state index in [-0.39, 0.29) is 28.7 Å². The number of carbonyl (C=O) groups is 2. The second-order valence-electron chi connectivity index (χ2n) is 10.5. The van der Waals surface area contributed by atoms with Crippen LogP contribution in [0.15, 0.2) is 71.6 Å². The van der Waals surface area contributed by atoms with Crippen molar-refractivity contribution in [1.29, 1.82) is 0 Å². The lowest BCUT2D eigenvalue weighted by Crippen LogP contribution is -2.57. The molecule has 1 amide bonds. The summed E-state index contributed by atoms with van der Waals surface area (Å²) < 4.78 is 30.0. The van der Waals surface area contributed by atoms with Crippen molar-refractivity contribution in [2.45, 2.75) is 49.5 Å². The number of benzene rings is 3. The number of carboxylic acids is 1. The number of aliphatic carboxylic acids is 1. The molecule has 1 unspecified atom stereocenters. The molecule has 0 bridgehead atoms. The minimum atomic E-state index is -3.53. The summed E-state index contributed by atoms with van der Waals surface area (Å²) in [5.74, 6) is -1.13. The number of sulfone groups is 1. The largest absolute Gasteiger partial charge is 0.496 e. The Morgan fingerprint density at radius 2 is 1.70 bits per heavy atom. The van der Waals surface area contributed by atoms with E-state index in [1.54, 1.807) is 12.1 Å². The Balaban J connectivity index is 1.91. The van der Waals surface area contributed by atoms with Gasteiger partial charge in [-0.3, -0.25) is 9.69 Å². The molecule has 0 aromatic heterocycles. The molecule has 0 fully saturated rings. The van der Waals surface area contributed by atoms with Gasteiger partial charge in [-0.2, -0.15) is 0 Å². The second-order valence-corrected chi connectivity index (χ2v) is 12.6. The van der Waals surface area contributed by atoms with Gasteiger partial charge in [-0.25, -0.2) is 13.2 Å². The van der Waals surface area contributed by atoms with Gasteiger partial charge in [0.05, 0.1) is 12.0 Å². The van der Waals surface area contributed by atoms with Crippen LogP contribution in [0.1, 0.15) is 47.8 Å². The number of anilines is 1. The normalized spacial score (nSPS) is 17.4. The smallest absolute Gasteiger partial charge is 0.330 e. The van der Waals surface area contributed by atoms with E-state index < -0.39 is 27.3 Å². The fraction of sp³-hybridized carbons (Fsp3) is 0.310. The number of nitrogens with zero attached hydrogens (tertiary/aromatic N) is 1. The minimum Gasteiger partial charge on any atom is -0.496 e. The first-order valence-electron chi connectivity index (χ1n) is 11.9. The maximum absolute atomic E-state index is 14.1. The first kappa shape index (κ1) is 26.4. The SMILES string of the molecule is COc1cc(C(=O)N2c3ccc(S(C)(=O)=O)cc3CC2(Cc2ccccc2)C(=O)O)ccc1C(C)(C)C. The minimum absolute atomic E-state index is 0.0289. The van der Waals surface area contributed by atoms with Gasteiger partial charge in [0.1, 0.15) is 5.75 Å². The molecule has 194 valence electrons.